The molecular weight excluding hydrogens is 383 g/mol. The Morgan fingerprint density at radius 2 is 1.90 bits per heavy atom. The van der Waals surface area contributed by atoms with Crippen molar-refractivity contribution in [3.05, 3.63) is 65.5 Å². The summed E-state index contributed by atoms with van der Waals surface area (Å²) in [6.07, 6.45) is 0.799. The summed E-state index contributed by atoms with van der Waals surface area (Å²) < 4.78 is 24.3. The highest BCUT2D eigenvalue weighted by Crippen LogP contribution is 2.13. The number of halogens is 1. The fourth-order valence-electron chi connectivity index (χ4n) is 3.25. The molecule has 6 nitrogen and oxygen atoms in total. The van der Waals surface area contributed by atoms with Gasteiger partial charge in [0.15, 0.2) is 5.96 Å². The predicted octanol–water partition coefficient (Wildman–Crippen LogP) is 2.44. The first-order chi connectivity index (χ1) is 14.7. The normalized spacial score (nSPS) is 15.1. The lowest BCUT2D eigenvalue weighted by Crippen LogP contribution is -2.38. The van der Waals surface area contributed by atoms with Gasteiger partial charge in [-0.1, -0.05) is 24.3 Å². The number of ether oxygens (including phenoxy) is 2. The molecule has 0 aromatic heterocycles. The summed E-state index contributed by atoms with van der Waals surface area (Å²) in [7, 11) is 1.75. The van der Waals surface area contributed by atoms with Crippen LogP contribution in [0, 0.1) is 5.82 Å². The molecule has 0 unspecified atom stereocenters. The van der Waals surface area contributed by atoms with Crippen LogP contribution < -0.4 is 15.4 Å². The van der Waals surface area contributed by atoms with Gasteiger partial charge in [-0.25, -0.2) is 4.39 Å². The monoisotopic (exact) mass is 414 g/mol. The zero-order chi connectivity index (χ0) is 21.0. The first kappa shape index (κ1) is 22.1. The zero-order valence-electron chi connectivity index (χ0n) is 17.6. The number of hydrogen-bond acceptors (Lipinski definition) is 4. The summed E-state index contributed by atoms with van der Waals surface area (Å²) in [6.45, 7) is 6.51. The van der Waals surface area contributed by atoms with E-state index >= 15 is 0 Å². The second-order valence-electron chi connectivity index (χ2n) is 7.18. The van der Waals surface area contributed by atoms with Gasteiger partial charge in [-0.3, -0.25) is 9.89 Å². The van der Waals surface area contributed by atoms with Gasteiger partial charge in [0.2, 0.25) is 0 Å². The van der Waals surface area contributed by atoms with Crippen molar-refractivity contribution >= 4 is 5.96 Å². The molecule has 1 heterocycles. The smallest absolute Gasteiger partial charge is 0.191 e. The number of guanidine groups is 1. The molecule has 30 heavy (non-hydrogen) atoms. The molecule has 0 radical (unpaired) electrons. The molecule has 162 valence electrons. The van der Waals surface area contributed by atoms with Crippen LogP contribution >= 0.6 is 0 Å². The minimum absolute atomic E-state index is 0.212. The summed E-state index contributed by atoms with van der Waals surface area (Å²) >= 11 is 0. The SMILES string of the molecule is CN=C(NCCc1ccc(F)cc1)NCc1cccc(OCCN2CCOCC2)c1. The summed E-state index contributed by atoms with van der Waals surface area (Å²) in [6, 6.07) is 14.7. The lowest BCUT2D eigenvalue weighted by Gasteiger charge is -2.26. The maximum Gasteiger partial charge on any atom is 0.191 e. The molecule has 1 aliphatic heterocycles. The van der Waals surface area contributed by atoms with Gasteiger partial charge in [0, 0.05) is 39.8 Å². The number of morpholine rings is 1. The first-order valence-corrected chi connectivity index (χ1v) is 10.4. The van der Waals surface area contributed by atoms with Crippen molar-refractivity contribution in [3.8, 4) is 5.75 Å². The van der Waals surface area contributed by atoms with Crippen LogP contribution in [-0.2, 0) is 17.7 Å². The minimum Gasteiger partial charge on any atom is -0.492 e. The van der Waals surface area contributed by atoms with Crippen LogP contribution in [0.15, 0.2) is 53.5 Å². The molecule has 1 saturated heterocycles. The average molecular weight is 415 g/mol. The van der Waals surface area contributed by atoms with Crippen molar-refractivity contribution in [2.75, 3.05) is 53.0 Å². The Morgan fingerprint density at radius 1 is 1.10 bits per heavy atom. The van der Waals surface area contributed by atoms with E-state index in [4.69, 9.17) is 9.47 Å². The molecule has 0 saturated carbocycles. The van der Waals surface area contributed by atoms with Crippen molar-refractivity contribution in [3.63, 3.8) is 0 Å². The van der Waals surface area contributed by atoms with Gasteiger partial charge in [-0.05, 0) is 41.8 Å². The van der Waals surface area contributed by atoms with E-state index < -0.39 is 0 Å². The molecule has 7 heteroatoms. The molecule has 2 aromatic carbocycles. The summed E-state index contributed by atoms with van der Waals surface area (Å²) in [5.74, 6) is 1.40. The first-order valence-electron chi connectivity index (χ1n) is 10.4. The van der Waals surface area contributed by atoms with Crippen LogP contribution in [-0.4, -0.2) is 63.9 Å². The Balaban J connectivity index is 1.38. The van der Waals surface area contributed by atoms with Gasteiger partial charge in [0.05, 0.1) is 13.2 Å². The quantitative estimate of drug-likeness (QED) is 0.488. The largest absolute Gasteiger partial charge is 0.492 e. The Labute approximate surface area is 178 Å². The third kappa shape index (κ3) is 7.65. The molecule has 2 aromatic rings. The maximum atomic E-state index is 13.0. The van der Waals surface area contributed by atoms with Crippen molar-refractivity contribution < 1.29 is 13.9 Å². The Bertz CT molecular complexity index is 792. The lowest BCUT2D eigenvalue weighted by molar-refractivity contribution is 0.0322. The molecule has 3 rings (SSSR count). The van der Waals surface area contributed by atoms with Gasteiger partial charge in [0.1, 0.15) is 18.2 Å². The number of benzene rings is 2. The fraction of sp³-hybridized carbons (Fsp3) is 0.435. The number of hydrogen-bond donors (Lipinski definition) is 2. The highest BCUT2D eigenvalue weighted by Gasteiger charge is 2.09. The summed E-state index contributed by atoms with van der Waals surface area (Å²) in [4.78, 5) is 6.62. The van der Waals surface area contributed by atoms with Crippen molar-refractivity contribution in [2.24, 2.45) is 4.99 Å². The van der Waals surface area contributed by atoms with Gasteiger partial charge in [-0.15, -0.1) is 0 Å². The molecule has 0 spiro atoms. The molecule has 2 N–H and O–H groups in total. The Hall–Kier alpha value is -2.64. The molecule has 0 amide bonds. The third-order valence-electron chi connectivity index (χ3n) is 4.98. The van der Waals surface area contributed by atoms with Gasteiger partial charge >= 0.3 is 0 Å². The second-order valence-corrected chi connectivity index (χ2v) is 7.18. The van der Waals surface area contributed by atoms with E-state index in [1.165, 1.54) is 12.1 Å². The highest BCUT2D eigenvalue weighted by atomic mass is 19.1. The van der Waals surface area contributed by atoms with Gasteiger partial charge in [0.25, 0.3) is 0 Å². The van der Waals surface area contributed by atoms with Gasteiger partial charge in [-0.2, -0.15) is 0 Å². The van der Waals surface area contributed by atoms with Crippen LogP contribution in [0.1, 0.15) is 11.1 Å². The van der Waals surface area contributed by atoms with Gasteiger partial charge < -0.3 is 20.1 Å². The van der Waals surface area contributed by atoms with Crippen LogP contribution in [0.5, 0.6) is 5.75 Å². The standard InChI is InChI=1S/C23H31FN4O2/c1-25-23(26-10-9-19-5-7-21(24)8-6-19)27-18-20-3-2-4-22(17-20)30-16-13-28-11-14-29-15-12-28/h2-8,17H,9-16,18H2,1H3,(H2,25,26,27). The van der Waals surface area contributed by atoms with Crippen LogP contribution in [0.2, 0.25) is 0 Å². The lowest BCUT2D eigenvalue weighted by atomic mass is 10.1. The van der Waals surface area contributed by atoms with E-state index in [0.717, 1.165) is 68.6 Å². The second kappa shape index (κ2) is 12.1. The highest BCUT2D eigenvalue weighted by molar-refractivity contribution is 5.79. The summed E-state index contributed by atoms with van der Waals surface area (Å²) in [5.41, 5.74) is 2.21. The number of nitrogens with one attached hydrogen (secondary N) is 2. The fourth-order valence-corrected chi connectivity index (χ4v) is 3.25. The molecule has 0 aliphatic carbocycles. The molecular formula is C23H31FN4O2. The van der Waals surface area contributed by atoms with E-state index in [9.17, 15) is 4.39 Å². The number of aliphatic imine (C=N–C) groups is 1. The molecule has 1 aliphatic rings. The van der Waals surface area contributed by atoms with Crippen LogP contribution in [0.3, 0.4) is 0 Å². The van der Waals surface area contributed by atoms with Crippen molar-refractivity contribution in [2.45, 2.75) is 13.0 Å². The topological polar surface area (TPSA) is 58.1 Å². The van der Waals surface area contributed by atoms with E-state index in [2.05, 4.69) is 32.7 Å². The van der Waals surface area contributed by atoms with E-state index in [1.807, 2.05) is 12.1 Å². The average Bonchev–Trinajstić information content (AvgIpc) is 2.78. The van der Waals surface area contributed by atoms with E-state index in [0.29, 0.717) is 13.2 Å². The molecule has 0 atom stereocenters. The summed E-state index contributed by atoms with van der Waals surface area (Å²) in [5, 5.41) is 6.60. The predicted molar refractivity (Wildman–Crippen MR) is 118 cm³/mol. The number of nitrogens with zero attached hydrogens (tertiary/aromatic N) is 2. The van der Waals surface area contributed by atoms with Crippen molar-refractivity contribution in [1.82, 2.24) is 15.5 Å². The van der Waals surface area contributed by atoms with E-state index in [-0.39, 0.29) is 5.82 Å². The third-order valence-corrected chi connectivity index (χ3v) is 4.98. The Morgan fingerprint density at radius 3 is 2.67 bits per heavy atom. The molecule has 1 fully saturated rings. The molecule has 0 bridgehead atoms. The van der Waals surface area contributed by atoms with Crippen LogP contribution in [0.25, 0.3) is 0 Å². The Kier molecular flexibility index (Phi) is 8.93. The van der Waals surface area contributed by atoms with Crippen LogP contribution in [0.4, 0.5) is 4.39 Å². The van der Waals surface area contributed by atoms with E-state index in [1.54, 1.807) is 19.2 Å². The minimum atomic E-state index is -0.212. The zero-order valence-corrected chi connectivity index (χ0v) is 17.6. The maximum absolute atomic E-state index is 13.0. The number of rotatable bonds is 9. The van der Waals surface area contributed by atoms with Crippen molar-refractivity contribution in [1.29, 1.82) is 0 Å².